The van der Waals surface area contributed by atoms with Crippen LogP contribution in [0.1, 0.15) is 19.3 Å². The lowest BCUT2D eigenvalue weighted by atomic mass is 9.96. The molecular formula is C15H25N3O4S2. The Morgan fingerprint density at radius 2 is 1.83 bits per heavy atom. The second-order valence-electron chi connectivity index (χ2n) is 6.13. The topological polar surface area (TPSA) is 95.6 Å². The van der Waals surface area contributed by atoms with E-state index in [1.165, 1.54) is 38.4 Å². The predicted molar refractivity (Wildman–Crippen MR) is 92.7 cm³/mol. The maximum absolute atomic E-state index is 12.6. The zero-order valence-corrected chi connectivity index (χ0v) is 15.7. The zero-order valence-electron chi connectivity index (χ0n) is 14.0. The second-order valence-corrected chi connectivity index (χ2v) is 9.99. The molecule has 0 radical (unpaired) electrons. The summed E-state index contributed by atoms with van der Waals surface area (Å²) >= 11 is 0. The Morgan fingerprint density at radius 3 is 2.42 bits per heavy atom. The molecule has 1 unspecified atom stereocenters. The number of hydrogen-bond acceptors (Lipinski definition) is 5. The van der Waals surface area contributed by atoms with Crippen LogP contribution < -0.4 is 10.0 Å². The van der Waals surface area contributed by atoms with Gasteiger partial charge in [0.1, 0.15) is 9.79 Å². The van der Waals surface area contributed by atoms with Crippen LogP contribution >= 0.6 is 0 Å². The fraction of sp³-hybridized carbons (Fsp3) is 0.600. The molecule has 1 aromatic carbocycles. The molecule has 136 valence electrons. The first-order valence-electron chi connectivity index (χ1n) is 7.97. The maximum Gasteiger partial charge on any atom is 0.243 e. The van der Waals surface area contributed by atoms with E-state index < -0.39 is 20.0 Å². The van der Waals surface area contributed by atoms with Gasteiger partial charge in [0.15, 0.2) is 0 Å². The molecule has 2 N–H and O–H groups in total. The normalized spacial score (nSPS) is 19.5. The van der Waals surface area contributed by atoms with Crippen molar-refractivity contribution in [1.29, 1.82) is 0 Å². The molecule has 0 aromatic heterocycles. The summed E-state index contributed by atoms with van der Waals surface area (Å²) in [4.78, 5) is -0.415. The molecule has 1 aliphatic heterocycles. The summed E-state index contributed by atoms with van der Waals surface area (Å²) in [6, 6.07) is 5.67. The molecule has 9 heteroatoms. The van der Waals surface area contributed by atoms with Crippen molar-refractivity contribution in [2.24, 2.45) is 5.92 Å². The van der Waals surface area contributed by atoms with Crippen LogP contribution in [-0.2, 0) is 20.0 Å². The number of nitrogens with one attached hydrogen (secondary N) is 2. The third-order valence-corrected chi connectivity index (χ3v) is 7.66. The quantitative estimate of drug-likeness (QED) is 0.728. The van der Waals surface area contributed by atoms with E-state index in [-0.39, 0.29) is 9.79 Å². The third kappa shape index (κ3) is 4.54. The minimum atomic E-state index is -3.88. The fourth-order valence-corrected chi connectivity index (χ4v) is 5.47. The van der Waals surface area contributed by atoms with E-state index in [0.717, 1.165) is 36.7 Å². The van der Waals surface area contributed by atoms with E-state index in [9.17, 15) is 16.8 Å². The minimum absolute atomic E-state index is 0.207. The van der Waals surface area contributed by atoms with Gasteiger partial charge in [-0.15, -0.1) is 0 Å². The minimum Gasteiger partial charge on any atom is -0.316 e. The first-order chi connectivity index (χ1) is 11.2. The molecule has 7 nitrogen and oxygen atoms in total. The van der Waals surface area contributed by atoms with Crippen molar-refractivity contribution in [2.75, 3.05) is 33.7 Å². The van der Waals surface area contributed by atoms with Gasteiger partial charge in [0, 0.05) is 20.6 Å². The van der Waals surface area contributed by atoms with Crippen LogP contribution in [-0.4, -0.2) is 54.9 Å². The van der Waals surface area contributed by atoms with E-state index in [0.29, 0.717) is 12.5 Å². The van der Waals surface area contributed by atoms with Gasteiger partial charge < -0.3 is 5.32 Å². The van der Waals surface area contributed by atoms with Gasteiger partial charge in [0.2, 0.25) is 20.0 Å². The molecular weight excluding hydrogens is 350 g/mol. The van der Waals surface area contributed by atoms with Gasteiger partial charge in [-0.25, -0.2) is 25.9 Å². The summed E-state index contributed by atoms with van der Waals surface area (Å²) in [7, 11) is -4.96. The molecule has 0 saturated carbocycles. The summed E-state index contributed by atoms with van der Waals surface area (Å²) in [6.07, 6.45) is 2.91. The standard InChI is InChI=1S/C15H25N3O4S2/c1-18(2)24(21,22)15-8-4-3-7-14(15)23(19,20)17-11-9-13-6-5-10-16-12-13/h3-4,7-8,13,16-17H,5-6,9-12H2,1-2H3. The largest absolute Gasteiger partial charge is 0.316 e. The lowest BCUT2D eigenvalue weighted by molar-refractivity contribution is 0.358. The maximum atomic E-state index is 12.6. The smallest absolute Gasteiger partial charge is 0.243 e. The molecule has 1 aliphatic rings. The van der Waals surface area contributed by atoms with Gasteiger partial charge in [-0.3, -0.25) is 0 Å². The van der Waals surface area contributed by atoms with Crippen molar-refractivity contribution in [1.82, 2.24) is 14.3 Å². The van der Waals surface area contributed by atoms with Crippen molar-refractivity contribution >= 4 is 20.0 Å². The Kier molecular flexibility index (Phi) is 6.38. The van der Waals surface area contributed by atoms with E-state index in [4.69, 9.17) is 0 Å². The first kappa shape index (κ1) is 19.3. The van der Waals surface area contributed by atoms with Crippen LogP contribution in [0.5, 0.6) is 0 Å². The number of piperidine rings is 1. The highest BCUT2D eigenvalue weighted by atomic mass is 32.2. The number of benzene rings is 1. The lowest BCUT2D eigenvalue weighted by Crippen LogP contribution is -2.34. The molecule has 2 rings (SSSR count). The van der Waals surface area contributed by atoms with Gasteiger partial charge in [0.25, 0.3) is 0 Å². The summed E-state index contributed by atoms with van der Waals surface area (Å²) < 4.78 is 53.3. The summed E-state index contributed by atoms with van der Waals surface area (Å²) in [6.45, 7) is 2.20. The van der Waals surface area contributed by atoms with Crippen molar-refractivity contribution in [2.45, 2.75) is 29.1 Å². The Morgan fingerprint density at radius 1 is 1.17 bits per heavy atom. The highest BCUT2D eigenvalue weighted by molar-refractivity contribution is 7.92. The Bertz CT molecular complexity index is 755. The van der Waals surface area contributed by atoms with Gasteiger partial charge in [-0.05, 0) is 50.4 Å². The number of hydrogen-bond donors (Lipinski definition) is 2. The highest BCUT2D eigenvalue weighted by Gasteiger charge is 2.27. The van der Waals surface area contributed by atoms with Crippen molar-refractivity contribution in [3.05, 3.63) is 24.3 Å². The van der Waals surface area contributed by atoms with Gasteiger partial charge in [-0.1, -0.05) is 12.1 Å². The van der Waals surface area contributed by atoms with Crippen LogP contribution in [0.25, 0.3) is 0 Å². The average molecular weight is 376 g/mol. The van der Waals surface area contributed by atoms with Gasteiger partial charge in [-0.2, -0.15) is 0 Å². The van der Waals surface area contributed by atoms with E-state index in [1.54, 1.807) is 0 Å². The zero-order chi connectivity index (χ0) is 17.8. The average Bonchev–Trinajstić information content (AvgIpc) is 2.55. The molecule has 0 aliphatic carbocycles. The Hall–Kier alpha value is -1.00. The SMILES string of the molecule is CN(C)S(=O)(=O)c1ccccc1S(=O)(=O)NCCC1CCCNC1. The first-order valence-corrected chi connectivity index (χ1v) is 10.9. The molecule has 0 spiro atoms. The summed E-state index contributed by atoms with van der Waals surface area (Å²) in [5.74, 6) is 0.446. The number of nitrogens with zero attached hydrogens (tertiary/aromatic N) is 1. The Balaban J connectivity index is 2.14. The van der Waals surface area contributed by atoms with E-state index >= 15 is 0 Å². The van der Waals surface area contributed by atoms with Crippen LogP contribution in [0, 0.1) is 5.92 Å². The molecule has 0 amide bonds. The van der Waals surface area contributed by atoms with Crippen LogP contribution in [0.2, 0.25) is 0 Å². The van der Waals surface area contributed by atoms with Crippen LogP contribution in [0.3, 0.4) is 0 Å². The molecule has 1 saturated heterocycles. The van der Waals surface area contributed by atoms with Gasteiger partial charge >= 0.3 is 0 Å². The fourth-order valence-electron chi connectivity index (χ4n) is 2.73. The molecule has 1 fully saturated rings. The second kappa shape index (κ2) is 7.92. The monoisotopic (exact) mass is 375 g/mol. The number of sulfonamides is 2. The lowest BCUT2D eigenvalue weighted by Gasteiger charge is -2.22. The summed E-state index contributed by atoms with van der Waals surface area (Å²) in [5.41, 5.74) is 0. The molecule has 0 bridgehead atoms. The highest BCUT2D eigenvalue weighted by Crippen LogP contribution is 2.23. The molecule has 1 heterocycles. The van der Waals surface area contributed by atoms with Gasteiger partial charge in [0.05, 0.1) is 0 Å². The van der Waals surface area contributed by atoms with Crippen LogP contribution in [0.15, 0.2) is 34.1 Å². The number of rotatable bonds is 7. The molecule has 1 atom stereocenters. The van der Waals surface area contributed by atoms with Crippen molar-refractivity contribution in [3.8, 4) is 0 Å². The van der Waals surface area contributed by atoms with Crippen molar-refractivity contribution in [3.63, 3.8) is 0 Å². The third-order valence-electron chi connectivity index (χ3n) is 4.14. The predicted octanol–water partition coefficient (Wildman–Crippen LogP) is 0.605. The Labute approximate surface area is 144 Å². The molecule has 1 aromatic rings. The van der Waals surface area contributed by atoms with E-state index in [2.05, 4.69) is 10.0 Å². The summed E-state index contributed by atoms with van der Waals surface area (Å²) in [5, 5.41) is 3.29. The van der Waals surface area contributed by atoms with E-state index in [1.807, 2.05) is 0 Å². The van der Waals surface area contributed by atoms with Crippen molar-refractivity contribution < 1.29 is 16.8 Å². The molecule has 24 heavy (non-hydrogen) atoms. The van der Waals surface area contributed by atoms with Crippen LogP contribution in [0.4, 0.5) is 0 Å².